The number of amides is 3. The van der Waals surface area contributed by atoms with Crippen LogP contribution in [0.1, 0.15) is 31.7 Å². The first-order chi connectivity index (χ1) is 13.8. The number of ether oxygens (including phenoxy) is 1. The van der Waals surface area contributed by atoms with Gasteiger partial charge in [-0.3, -0.25) is 19.3 Å². The predicted molar refractivity (Wildman–Crippen MR) is 105 cm³/mol. The van der Waals surface area contributed by atoms with Crippen LogP contribution in [0, 0.1) is 30.6 Å². The van der Waals surface area contributed by atoms with Crippen molar-refractivity contribution in [2.24, 2.45) is 23.7 Å². The van der Waals surface area contributed by atoms with Gasteiger partial charge in [-0.05, 0) is 62.6 Å². The molecule has 4 rings (SSSR count). The highest BCUT2D eigenvalue weighted by atomic mass is 35.5. The molecule has 5 atom stereocenters. The Hall–Kier alpha value is -2.41. The van der Waals surface area contributed by atoms with Gasteiger partial charge in [-0.15, -0.1) is 0 Å². The van der Waals surface area contributed by atoms with Gasteiger partial charge in [0.25, 0.3) is 5.91 Å². The molecule has 2 aliphatic carbocycles. The highest BCUT2D eigenvalue weighted by Crippen LogP contribution is 2.56. The number of imide groups is 1. The van der Waals surface area contributed by atoms with Crippen molar-refractivity contribution in [3.63, 3.8) is 0 Å². The average Bonchev–Trinajstić information content (AvgIpc) is 3.37. The molecule has 154 valence electrons. The number of nitrogens with one attached hydrogen (secondary N) is 1. The number of benzene rings is 1. The largest absolute Gasteiger partial charge is 0.454 e. The van der Waals surface area contributed by atoms with Crippen molar-refractivity contribution >= 4 is 41.0 Å². The van der Waals surface area contributed by atoms with Crippen LogP contribution in [0.5, 0.6) is 0 Å². The summed E-state index contributed by atoms with van der Waals surface area (Å²) in [5.41, 5.74) is 1.23. The Morgan fingerprint density at radius 2 is 1.83 bits per heavy atom. The number of carbonyl (C=O) groups is 4. The van der Waals surface area contributed by atoms with Crippen LogP contribution in [0.2, 0.25) is 5.02 Å². The number of carbonyl (C=O) groups excluding carboxylic acids is 4. The molecule has 1 aliphatic heterocycles. The standard InChI is InChI=1S/C21H23ClN2O5/c1-10-14(22)4-3-5-15(10)23-16(25)9-29-21(28)11(2)24-19(26)17-12-6-7-13(8-12)18(17)20(24)27/h3-5,11-13,17-18H,6-9H2,1-2H3,(H,23,25)/t11-,12+,13+,17-,18+/m1/s1. The molecule has 0 spiro atoms. The van der Waals surface area contributed by atoms with Crippen LogP contribution in [-0.4, -0.2) is 41.2 Å². The molecule has 0 unspecified atom stereocenters. The molecule has 1 aromatic carbocycles. The molecule has 3 aliphatic rings. The quantitative estimate of drug-likeness (QED) is 0.586. The van der Waals surface area contributed by atoms with Crippen molar-refractivity contribution in [2.75, 3.05) is 11.9 Å². The van der Waals surface area contributed by atoms with Crippen molar-refractivity contribution < 1.29 is 23.9 Å². The third-order valence-corrected chi connectivity index (χ3v) is 6.99. The van der Waals surface area contributed by atoms with Crippen LogP contribution in [0.25, 0.3) is 0 Å². The van der Waals surface area contributed by atoms with Gasteiger partial charge in [0.2, 0.25) is 11.8 Å². The van der Waals surface area contributed by atoms with Crippen molar-refractivity contribution in [3.05, 3.63) is 28.8 Å². The lowest BCUT2D eigenvalue weighted by Crippen LogP contribution is -2.45. The van der Waals surface area contributed by atoms with E-state index in [0.717, 1.165) is 24.2 Å². The summed E-state index contributed by atoms with van der Waals surface area (Å²) in [4.78, 5) is 51.2. The molecule has 0 radical (unpaired) electrons. The molecule has 1 saturated heterocycles. The summed E-state index contributed by atoms with van der Waals surface area (Å²) in [7, 11) is 0. The van der Waals surface area contributed by atoms with E-state index in [1.807, 2.05) is 0 Å². The van der Waals surface area contributed by atoms with E-state index in [2.05, 4.69) is 5.32 Å². The molecular formula is C21H23ClN2O5. The minimum atomic E-state index is -1.04. The van der Waals surface area contributed by atoms with E-state index >= 15 is 0 Å². The van der Waals surface area contributed by atoms with Crippen molar-refractivity contribution in [1.29, 1.82) is 0 Å². The third kappa shape index (κ3) is 3.31. The molecule has 2 saturated carbocycles. The summed E-state index contributed by atoms with van der Waals surface area (Å²) in [6.45, 7) is 2.73. The third-order valence-electron chi connectivity index (χ3n) is 6.58. The van der Waals surface area contributed by atoms with Gasteiger partial charge in [-0.25, -0.2) is 4.79 Å². The minimum absolute atomic E-state index is 0.251. The number of halogens is 1. The molecule has 3 amide bonds. The van der Waals surface area contributed by atoms with Gasteiger partial charge in [-0.2, -0.15) is 0 Å². The number of esters is 1. The second-order valence-corrected chi connectivity index (χ2v) is 8.58. The normalized spacial score (nSPS) is 28.4. The number of hydrogen-bond donors (Lipinski definition) is 1. The topological polar surface area (TPSA) is 92.8 Å². The van der Waals surface area contributed by atoms with Crippen LogP contribution in [0.3, 0.4) is 0 Å². The molecule has 0 aromatic heterocycles. The maximum Gasteiger partial charge on any atom is 0.329 e. The number of likely N-dealkylation sites (tertiary alicyclic amines) is 1. The number of hydrogen-bond acceptors (Lipinski definition) is 5. The van der Waals surface area contributed by atoms with Crippen LogP contribution < -0.4 is 5.32 Å². The summed E-state index contributed by atoms with van der Waals surface area (Å²) >= 11 is 6.03. The lowest BCUT2D eigenvalue weighted by molar-refractivity contribution is -0.159. The average molecular weight is 419 g/mol. The zero-order valence-electron chi connectivity index (χ0n) is 16.3. The number of anilines is 1. The summed E-state index contributed by atoms with van der Waals surface area (Å²) in [6.07, 6.45) is 2.88. The first kappa shape index (κ1) is 19.9. The van der Waals surface area contributed by atoms with Gasteiger partial charge in [0, 0.05) is 10.7 Å². The van der Waals surface area contributed by atoms with Crippen molar-refractivity contribution in [2.45, 2.75) is 39.2 Å². The van der Waals surface area contributed by atoms with E-state index in [-0.39, 0.29) is 35.5 Å². The molecule has 29 heavy (non-hydrogen) atoms. The Morgan fingerprint density at radius 3 is 2.45 bits per heavy atom. The Kier molecular flexibility index (Phi) is 5.11. The second kappa shape index (κ2) is 7.44. The highest BCUT2D eigenvalue weighted by molar-refractivity contribution is 6.31. The maximum atomic E-state index is 12.8. The van der Waals surface area contributed by atoms with Crippen molar-refractivity contribution in [3.8, 4) is 0 Å². The van der Waals surface area contributed by atoms with Gasteiger partial charge in [0.05, 0.1) is 11.8 Å². The molecule has 1 aromatic rings. The van der Waals surface area contributed by atoms with E-state index in [9.17, 15) is 19.2 Å². The van der Waals surface area contributed by atoms with Gasteiger partial charge in [0.1, 0.15) is 6.04 Å². The van der Waals surface area contributed by atoms with Crippen LogP contribution in [0.4, 0.5) is 5.69 Å². The van der Waals surface area contributed by atoms with E-state index in [0.29, 0.717) is 16.3 Å². The Bertz CT molecular complexity index is 873. The maximum absolute atomic E-state index is 12.8. The number of rotatable bonds is 5. The molecule has 1 N–H and O–H groups in total. The number of nitrogens with zero attached hydrogens (tertiary/aromatic N) is 1. The van der Waals surface area contributed by atoms with Crippen LogP contribution in [0.15, 0.2) is 18.2 Å². The first-order valence-electron chi connectivity index (χ1n) is 9.88. The molecule has 2 bridgehead atoms. The molecule has 8 heteroatoms. The smallest absolute Gasteiger partial charge is 0.329 e. The fraction of sp³-hybridized carbons (Fsp3) is 0.524. The van der Waals surface area contributed by atoms with Gasteiger partial charge in [0.15, 0.2) is 6.61 Å². The summed E-state index contributed by atoms with van der Waals surface area (Å²) in [5, 5.41) is 3.15. The van der Waals surface area contributed by atoms with E-state index < -0.39 is 24.5 Å². The minimum Gasteiger partial charge on any atom is -0.454 e. The molecular weight excluding hydrogens is 396 g/mol. The lowest BCUT2D eigenvalue weighted by Gasteiger charge is -2.23. The van der Waals surface area contributed by atoms with Gasteiger partial charge < -0.3 is 10.1 Å². The Labute approximate surface area is 173 Å². The van der Waals surface area contributed by atoms with Gasteiger partial charge >= 0.3 is 5.97 Å². The SMILES string of the molecule is Cc1c(Cl)cccc1NC(=O)COC(=O)[C@@H](C)N1C(=O)[C@@H]2[C@H]3CC[C@@H](C3)[C@@H]2C1=O. The Balaban J connectivity index is 1.35. The summed E-state index contributed by atoms with van der Waals surface area (Å²) < 4.78 is 5.08. The Morgan fingerprint density at radius 1 is 1.21 bits per heavy atom. The van der Waals surface area contributed by atoms with E-state index in [1.54, 1.807) is 25.1 Å². The van der Waals surface area contributed by atoms with E-state index in [4.69, 9.17) is 16.3 Å². The van der Waals surface area contributed by atoms with Gasteiger partial charge in [-0.1, -0.05) is 17.7 Å². The predicted octanol–water partition coefficient (Wildman–Crippen LogP) is 2.55. The van der Waals surface area contributed by atoms with E-state index in [1.165, 1.54) is 6.92 Å². The fourth-order valence-corrected chi connectivity index (χ4v) is 5.28. The number of fused-ring (bicyclic) bond motifs is 5. The molecule has 7 nitrogen and oxygen atoms in total. The molecule has 3 fully saturated rings. The monoisotopic (exact) mass is 418 g/mol. The zero-order valence-corrected chi connectivity index (χ0v) is 17.1. The van der Waals surface area contributed by atoms with Crippen LogP contribution >= 0.6 is 11.6 Å². The lowest BCUT2D eigenvalue weighted by atomic mass is 9.81. The van der Waals surface area contributed by atoms with Crippen molar-refractivity contribution in [1.82, 2.24) is 4.90 Å². The highest BCUT2D eigenvalue weighted by Gasteiger charge is 2.62. The fourth-order valence-electron chi connectivity index (χ4n) is 5.11. The second-order valence-electron chi connectivity index (χ2n) is 8.18. The first-order valence-corrected chi connectivity index (χ1v) is 10.3. The summed E-state index contributed by atoms with van der Waals surface area (Å²) in [5.74, 6) is -1.90. The molecule has 1 heterocycles. The summed E-state index contributed by atoms with van der Waals surface area (Å²) in [6, 6.07) is 4.06. The van der Waals surface area contributed by atoms with Crippen LogP contribution in [-0.2, 0) is 23.9 Å². The zero-order chi connectivity index (χ0) is 20.9.